The van der Waals surface area contributed by atoms with Crippen molar-refractivity contribution in [2.75, 3.05) is 7.05 Å². The maximum Gasteiger partial charge on any atom is 0.250 e. The summed E-state index contributed by atoms with van der Waals surface area (Å²) in [5.41, 5.74) is -0.0325. The molecular weight excluding hydrogens is 216 g/mol. The van der Waals surface area contributed by atoms with Crippen LogP contribution in [0.15, 0.2) is 22.6 Å². The van der Waals surface area contributed by atoms with Crippen LogP contribution in [0.4, 0.5) is 8.78 Å². The second-order valence-electron chi connectivity index (χ2n) is 3.13. The van der Waals surface area contributed by atoms with Gasteiger partial charge in [-0.25, -0.2) is 8.78 Å². The predicted molar refractivity (Wildman–Crippen MR) is 52.4 cm³/mol. The van der Waals surface area contributed by atoms with Gasteiger partial charge in [0, 0.05) is 0 Å². The van der Waals surface area contributed by atoms with Gasteiger partial charge in [-0.1, -0.05) is 6.07 Å². The van der Waals surface area contributed by atoms with Gasteiger partial charge in [-0.2, -0.15) is 0 Å². The molecule has 0 radical (unpaired) electrons. The summed E-state index contributed by atoms with van der Waals surface area (Å²) in [6.45, 7) is 0.379. The quantitative estimate of drug-likeness (QED) is 0.864. The van der Waals surface area contributed by atoms with Gasteiger partial charge < -0.3 is 9.73 Å². The van der Waals surface area contributed by atoms with Crippen LogP contribution in [0.1, 0.15) is 5.89 Å². The lowest BCUT2D eigenvalue weighted by atomic mass is 10.2. The number of aromatic nitrogens is 2. The van der Waals surface area contributed by atoms with Crippen molar-refractivity contribution in [1.82, 2.24) is 15.5 Å². The molecular formula is C10H9F2N3O. The van der Waals surface area contributed by atoms with E-state index < -0.39 is 11.6 Å². The maximum absolute atomic E-state index is 13.4. The number of halogens is 2. The fraction of sp³-hybridized carbons (Fsp3) is 0.200. The first-order valence-corrected chi connectivity index (χ1v) is 4.63. The summed E-state index contributed by atoms with van der Waals surface area (Å²) in [7, 11) is 1.71. The number of benzene rings is 1. The molecule has 0 aliphatic carbocycles. The summed E-state index contributed by atoms with van der Waals surface area (Å²) >= 11 is 0. The largest absolute Gasteiger partial charge is 0.419 e. The molecule has 0 amide bonds. The fourth-order valence-corrected chi connectivity index (χ4v) is 1.25. The molecule has 0 spiro atoms. The van der Waals surface area contributed by atoms with Crippen molar-refractivity contribution in [1.29, 1.82) is 0 Å². The topological polar surface area (TPSA) is 51.0 Å². The van der Waals surface area contributed by atoms with Gasteiger partial charge in [-0.15, -0.1) is 10.2 Å². The van der Waals surface area contributed by atoms with Crippen LogP contribution in [-0.4, -0.2) is 17.2 Å². The Hall–Kier alpha value is -1.82. The van der Waals surface area contributed by atoms with E-state index in [-0.39, 0.29) is 11.5 Å². The monoisotopic (exact) mass is 225 g/mol. The molecule has 0 bridgehead atoms. The van der Waals surface area contributed by atoms with Crippen LogP contribution in [-0.2, 0) is 6.54 Å². The minimum Gasteiger partial charge on any atom is -0.419 e. The third kappa shape index (κ3) is 1.92. The van der Waals surface area contributed by atoms with E-state index in [4.69, 9.17) is 4.42 Å². The molecule has 0 atom stereocenters. The van der Waals surface area contributed by atoms with Crippen molar-refractivity contribution in [3.63, 3.8) is 0 Å². The molecule has 4 nitrogen and oxygen atoms in total. The zero-order chi connectivity index (χ0) is 11.5. The molecule has 0 saturated heterocycles. The molecule has 6 heteroatoms. The molecule has 84 valence electrons. The number of nitrogens with zero attached hydrogens (tertiary/aromatic N) is 2. The highest BCUT2D eigenvalue weighted by atomic mass is 19.2. The van der Waals surface area contributed by atoms with E-state index in [1.807, 2.05) is 0 Å². The van der Waals surface area contributed by atoms with E-state index in [9.17, 15) is 8.78 Å². The second-order valence-corrected chi connectivity index (χ2v) is 3.13. The van der Waals surface area contributed by atoms with Crippen LogP contribution < -0.4 is 5.32 Å². The van der Waals surface area contributed by atoms with Crippen molar-refractivity contribution in [3.8, 4) is 11.5 Å². The van der Waals surface area contributed by atoms with Crippen LogP contribution in [0.2, 0.25) is 0 Å². The summed E-state index contributed by atoms with van der Waals surface area (Å²) < 4.78 is 31.5. The molecule has 0 saturated carbocycles. The number of hydrogen-bond donors (Lipinski definition) is 1. The lowest BCUT2D eigenvalue weighted by Crippen LogP contribution is -2.04. The Balaban J connectivity index is 2.39. The Morgan fingerprint density at radius 2 is 2.12 bits per heavy atom. The molecule has 1 aromatic carbocycles. The second kappa shape index (κ2) is 4.36. The number of nitrogens with one attached hydrogen (secondary N) is 1. The molecule has 1 aromatic heterocycles. The van der Waals surface area contributed by atoms with E-state index in [1.165, 1.54) is 12.1 Å². The summed E-state index contributed by atoms with van der Waals surface area (Å²) in [5, 5.41) is 10.1. The molecule has 0 fully saturated rings. The van der Waals surface area contributed by atoms with Gasteiger partial charge in [0.05, 0.1) is 12.1 Å². The van der Waals surface area contributed by atoms with Crippen molar-refractivity contribution >= 4 is 0 Å². The van der Waals surface area contributed by atoms with Crippen molar-refractivity contribution < 1.29 is 13.2 Å². The van der Waals surface area contributed by atoms with Gasteiger partial charge in [0.2, 0.25) is 5.89 Å². The highest BCUT2D eigenvalue weighted by Gasteiger charge is 2.15. The Labute approximate surface area is 90.3 Å². The standard InChI is InChI=1S/C10H9F2N3O/c1-13-5-8-14-15-10(16-8)6-3-2-4-7(11)9(6)12/h2-4,13H,5H2,1H3. The minimum absolute atomic E-state index is 0.0257. The van der Waals surface area contributed by atoms with E-state index in [0.29, 0.717) is 12.4 Å². The highest BCUT2D eigenvalue weighted by Crippen LogP contribution is 2.22. The predicted octanol–water partition coefficient (Wildman–Crippen LogP) is 1.73. The number of hydrogen-bond acceptors (Lipinski definition) is 4. The average Bonchev–Trinajstić information content (AvgIpc) is 2.71. The molecule has 1 N–H and O–H groups in total. The van der Waals surface area contributed by atoms with Crippen LogP contribution in [0.5, 0.6) is 0 Å². The van der Waals surface area contributed by atoms with Gasteiger partial charge >= 0.3 is 0 Å². The molecule has 2 rings (SSSR count). The van der Waals surface area contributed by atoms with Crippen LogP contribution in [0.3, 0.4) is 0 Å². The average molecular weight is 225 g/mol. The van der Waals surface area contributed by atoms with Crippen molar-refractivity contribution in [2.45, 2.75) is 6.54 Å². The zero-order valence-electron chi connectivity index (χ0n) is 8.50. The van der Waals surface area contributed by atoms with Crippen molar-refractivity contribution in [2.24, 2.45) is 0 Å². The SMILES string of the molecule is CNCc1nnc(-c2cccc(F)c2F)o1. The first-order valence-electron chi connectivity index (χ1n) is 4.63. The summed E-state index contributed by atoms with van der Waals surface area (Å²) in [4.78, 5) is 0. The smallest absolute Gasteiger partial charge is 0.250 e. The maximum atomic E-state index is 13.4. The summed E-state index contributed by atoms with van der Waals surface area (Å²) in [6.07, 6.45) is 0. The third-order valence-electron chi connectivity index (χ3n) is 1.98. The normalized spacial score (nSPS) is 10.7. The van der Waals surface area contributed by atoms with Gasteiger partial charge in [-0.05, 0) is 19.2 Å². The molecule has 2 aromatic rings. The Morgan fingerprint density at radius 3 is 2.88 bits per heavy atom. The zero-order valence-corrected chi connectivity index (χ0v) is 8.50. The third-order valence-corrected chi connectivity index (χ3v) is 1.98. The summed E-state index contributed by atoms with van der Waals surface area (Å²) in [5.74, 6) is -1.63. The summed E-state index contributed by atoms with van der Waals surface area (Å²) in [6, 6.07) is 3.80. The highest BCUT2D eigenvalue weighted by molar-refractivity contribution is 5.53. The molecule has 16 heavy (non-hydrogen) atoms. The van der Waals surface area contributed by atoms with Crippen LogP contribution in [0, 0.1) is 11.6 Å². The van der Waals surface area contributed by atoms with Crippen molar-refractivity contribution in [3.05, 3.63) is 35.7 Å². The Kier molecular flexibility index (Phi) is 2.91. The van der Waals surface area contributed by atoms with E-state index in [2.05, 4.69) is 15.5 Å². The lowest BCUT2D eigenvalue weighted by molar-refractivity contribution is 0.478. The molecule has 1 heterocycles. The van der Waals surface area contributed by atoms with E-state index in [0.717, 1.165) is 6.07 Å². The Bertz CT molecular complexity index is 499. The Morgan fingerprint density at radius 1 is 1.31 bits per heavy atom. The van der Waals surface area contributed by atoms with Crippen LogP contribution >= 0.6 is 0 Å². The van der Waals surface area contributed by atoms with Crippen LogP contribution in [0.25, 0.3) is 11.5 Å². The van der Waals surface area contributed by atoms with Gasteiger partial charge in [0.25, 0.3) is 5.89 Å². The lowest BCUT2D eigenvalue weighted by Gasteiger charge is -1.97. The molecule has 0 aliphatic heterocycles. The minimum atomic E-state index is -0.984. The van der Waals surface area contributed by atoms with Gasteiger partial charge in [0.15, 0.2) is 11.6 Å². The van der Waals surface area contributed by atoms with E-state index >= 15 is 0 Å². The first-order chi connectivity index (χ1) is 7.72. The first kappa shape index (κ1) is 10.7. The number of rotatable bonds is 3. The molecule has 0 aliphatic rings. The van der Waals surface area contributed by atoms with Gasteiger partial charge in [-0.3, -0.25) is 0 Å². The van der Waals surface area contributed by atoms with E-state index in [1.54, 1.807) is 7.05 Å². The molecule has 0 unspecified atom stereocenters. The fourth-order valence-electron chi connectivity index (χ4n) is 1.25. The van der Waals surface area contributed by atoms with Gasteiger partial charge in [0.1, 0.15) is 0 Å².